The standard InChI is InChI=1S/C14H19N3O.ClH/c1-18-11-4-5-12-13(16-8-3-2-7-15)6-9-17-14(12)10-11;/h4-6,9-10H,2-3,7-8,15H2,1H3,(H,16,17);1H. The molecule has 0 radical (unpaired) electrons. The Hall–Kier alpha value is -1.52. The lowest BCUT2D eigenvalue weighted by atomic mass is 10.1. The van der Waals surface area contributed by atoms with Gasteiger partial charge in [-0.3, -0.25) is 4.98 Å². The molecule has 104 valence electrons. The Balaban J connectivity index is 0.00000180. The van der Waals surface area contributed by atoms with Crippen LogP contribution in [0.5, 0.6) is 5.75 Å². The van der Waals surface area contributed by atoms with Gasteiger partial charge in [-0.25, -0.2) is 0 Å². The number of ether oxygens (including phenoxy) is 1. The zero-order valence-electron chi connectivity index (χ0n) is 11.1. The van der Waals surface area contributed by atoms with E-state index in [0.29, 0.717) is 0 Å². The van der Waals surface area contributed by atoms with Gasteiger partial charge >= 0.3 is 0 Å². The highest BCUT2D eigenvalue weighted by Crippen LogP contribution is 2.25. The van der Waals surface area contributed by atoms with Gasteiger partial charge in [-0.1, -0.05) is 0 Å². The predicted octanol–water partition coefficient (Wildman–Crippen LogP) is 2.82. The fourth-order valence-electron chi connectivity index (χ4n) is 1.90. The smallest absolute Gasteiger partial charge is 0.121 e. The summed E-state index contributed by atoms with van der Waals surface area (Å²) in [7, 11) is 1.66. The van der Waals surface area contributed by atoms with Crippen LogP contribution in [0.2, 0.25) is 0 Å². The molecule has 19 heavy (non-hydrogen) atoms. The molecular formula is C14H20ClN3O. The molecule has 2 rings (SSSR count). The molecule has 0 unspecified atom stereocenters. The summed E-state index contributed by atoms with van der Waals surface area (Å²) in [6, 6.07) is 7.93. The van der Waals surface area contributed by atoms with Gasteiger partial charge in [0.05, 0.1) is 12.6 Å². The van der Waals surface area contributed by atoms with Gasteiger partial charge in [-0.2, -0.15) is 0 Å². The average Bonchev–Trinajstić information content (AvgIpc) is 2.43. The zero-order chi connectivity index (χ0) is 12.8. The van der Waals surface area contributed by atoms with Crippen molar-refractivity contribution in [3.63, 3.8) is 0 Å². The molecule has 1 aromatic heterocycles. The largest absolute Gasteiger partial charge is 0.497 e. The van der Waals surface area contributed by atoms with Crippen LogP contribution >= 0.6 is 12.4 Å². The maximum absolute atomic E-state index is 5.48. The van der Waals surface area contributed by atoms with Crippen LogP contribution in [-0.2, 0) is 0 Å². The van der Waals surface area contributed by atoms with Crippen LogP contribution < -0.4 is 15.8 Å². The summed E-state index contributed by atoms with van der Waals surface area (Å²) >= 11 is 0. The number of unbranched alkanes of at least 4 members (excludes halogenated alkanes) is 1. The maximum atomic E-state index is 5.48. The predicted molar refractivity (Wildman–Crippen MR) is 82.3 cm³/mol. The summed E-state index contributed by atoms with van der Waals surface area (Å²) in [6.07, 6.45) is 3.94. The Morgan fingerprint density at radius 1 is 1.26 bits per heavy atom. The van der Waals surface area contributed by atoms with Crippen molar-refractivity contribution < 1.29 is 4.74 Å². The van der Waals surface area contributed by atoms with Gasteiger partial charge < -0.3 is 15.8 Å². The van der Waals surface area contributed by atoms with E-state index in [1.54, 1.807) is 7.11 Å². The van der Waals surface area contributed by atoms with Gasteiger partial charge in [0.25, 0.3) is 0 Å². The molecular weight excluding hydrogens is 262 g/mol. The van der Waals surface area contributed by atoms with Crippen molar-refractivity contribution >= 4 is 29.0 Å². The number of anilines is 1. The lowest BCUT2D eigenvalue weighted by Gasteiger charge is -2.09. The molecule has 0 saturated carbocycles. The van der Waals surface area contributed by atoms with Crippen LogP contribution in [0.1, 0.15) is 12.8 Å². The Morgan fingerprint density at radius 2 is 2.11 bits per heavy atom. The second-order valence-corrected chi connectivity index (χ2v) is 4.16. The summed E-state index contributed by atoms with van der Waals surface area (Å²) in [5, 5.41) is 4.54. The second-order valence-electron chi connectivity index (χ2n) is 4.16. The van der Waals surface area contributed by atoms with Crippen molar-refractivity contribution in [2.24, 2.45) is 5.73 Å². The number of rotatable bonds is 6. The average molecular weight is 282 g/mol. The molecule has 0 spiro atoms. The number of nitrogens with two attached hydrogens (primary N) is 1. The van der Waals surface area contributed by atoms with Crippen molar-refractivity contribution in [2.45, 2.75) is 12.8 Å². The van der Waals surface area contributed by atoms with Gasteiger partial charge in [0.15, 0.2) is 0 Å². The molecule has 0 amide bonds. The fourth-order valence-corrected chi connectivity index (χ4v) is 1.90. The van der Waals surface area contributed by atoms with Crippen LogP contribution in [0, 0.1) is 0 Å². The molecule has 0 aliphatic carbocycles. The first-order chi connectivity index (χ1) is 8.85. The SMILES string of the molecule is COc1ccc2c(NCCCCN)ccnc2c1.Cl. The van der Waals surface area contributed by atoms with E-state index in [4.69, 9.17) is 10.5 Å². The monoisotopic (exact) mass is 281 g/mol. The molecule has 1 heterocycles. The number of pyridine rings is 1. The van der Waals surface area contributed by atoms with Gasteiger partial charge in [-0.15, -0.1) is 12.4 Å². The van der Waals surface area contributed by atoms with E-state index in [1.807, 2.05) is 30.5 Å². The minimum Gasteiger partial charge on any atom is -0.497 e. The number of halogens is 1. The lowest BCUT2D eigenvalue weighted by Crippen LogP contribution is -2.06. The highest BCUT2D eigenvalue weighted by atomic mass is 35.5. The molecule has 0 fully saturated rings. The molecule has 1 aromatic carbocycles. The van der Waals surface area contributed by atoms with Crippen LogP contribution in [0.25, 0.3) is 10.9 Å². The third kappa shape index (κ3) is 3.98. The van der Waals surface area contributed by atoms with Crippen molar-refractivity contribution in [3.8, 4) is 5.75 Å². The van der Waals surface area contributed by atoms with E-state index in [2.05, 4.69) is 10.3 Å². The third-order valence-electron chi connectivity index (χ3n) is 2.90. The number of methoxy groups -OCH3 is 1. The summed E-state index contributed by atoms with van der Waals surface area (Å²) in [5.41, 5.74) is 7.53. The van der Waals surface area contributed by atoms with E-state index < -0.39 is 0 Å². The minimum absolute atomic E-state index is 0. The number of nitrogens with zero attached hydrogens (tertiary/aromatic N) is 1. The molecule has 0 aliphatic rings. The molecule has 0 atom stereocenters. The molecule has 0 saturated heterocycles. The van der Waals surface area contributed by atoms with Gasteiger partial charge in [-0.05, 0) is 37.6 Å². The summed E-state index contributed by atoms with van der Waals surface area (Å²) in [6.45, 7) is 1.68. The van der Waals surface area contributed by atoms with Crippen molar-refractivity contribution in [3.05, 3.63) is 30.5 Å². The number of benzene rings is 1. The summed E-state index contributed by atoms with van der Waals surface area (Å²) in [5.74, 6) is 0.829. The first-order valence-electron chi connectivity index (χ1n) is 6.22. The van der Waals surface area contributed by atoms with Gasteiger partial charge in [0.2, 0.25) is 0 Å². The van der Waals surface area contributed by atoms with E-state index in [1.165, 1.54) is 0 Å². The topological polar surface area (TPSA) is 60.2 Å². The van der Waals surface area contributed by atoms with Crippen molar-refractivity contribution in [1.29, 1.82) is 0 Å². The number of hydrogen-bond donors (Lipinski definition) is 2. The van der Waals surface area contributed by atoms with Crippen LogP contribution in [0.15, 0.2) is 30.5 Å². The maximum Gasteiger partial charge on any atom is 0.121 e. The normalized spacial score (nSPS) is 10.0. The molecule has 0 bridgehead atoms. The molecule has 4 nitrogen and oxygen atoms in total. The first-order valence-corrected chi connectivity index (χ1v) is 6.22. The Kier molecular flexibility index (Phi) is 6.39. The Labute approximate surface area is 119 Å². The van der Waals surface area contributed by atoms with E-state index in [0.717, 1.165) is 48.3 Å². The summed E-state index contributed by atoms with van der Waals surface area (Å²) in [4.78, 5) is 4.35. The van der Waals surface area contributed by atoms with Crippen LogP contribution in [0.4, 0.5) is 5.69 Å². The van der Waals surface area contributed by atoms with Crippen molar-refractivity contribution in [1.82, 2.24) is 4.98 Å². The molecule has 5 heteroatoms. The lowest BCUT2D eigenvalue weighted by molar-refractivity contribution is 0.415. The van der Waals surface area contributed by atoms with Crippen molar-refractivity contribution in [2.75, 3.05) is 25.5 Å². The number of nitrogens with one attached hydrogen (secondary N) is 1. The zero-order valence-corrected chi connectivity index (χ0v) is 11.9. The van der Waals surface area contributed by atoms with Crippen LogP contribution in [0.3, 0.4) is 0 Å². The van der Waals surface area contributed by atoms with Gasteiger partial charge in [0, 0.05) is 29.9 Å². The van der Waals surface area contributed by atoms with E-state index >= 15 is 0 Å². The molecule has 0 aliphatic heterocycles. The number of hydrogen-bond acceptors (Lipinski definition) is 4. The van der Waals surface area contributed by atoms with E-state index in [9.17, 15) is 0 Å². The highest BCUT2D eigenvalue weighted by molar-refractivity contribution is 5.91. The van der Waals surface area contributed by atoms with E-state index in [-0.39, 0.29) is 12.4 Å². The Morgan fingerprint density at radius 3 is 2.84 bits per heavy atom. The summed E-state index contributed by atoms with van der Waals surface area (Å²) < 4.78 is 5.20. The fraction of sp³-hybridized carbons (Fsp3) is 0.357. The van der Waals surface area contributed by atoms with Gasteiger partial charge in [0.1, 0.15) is 5.75 Å². The number of aromatic nitrogens is 1. The minimum atomic E-state index is 0. The Bertz CT molecular complexity index is 519. The second kappa shape index (κ2) is 7.81. The third-order valence-corrected chi connectivity index (χ3v) is 2.90. The number of fused-ring (bicyclic) bond motifs is 1. The molecule has 3 N–H and O–H groups in total. The van der Waals surface area contributed by atoms with Crippen LogP contribution in [-0.4, -0.2) is 25.2 Å². The molecule has 2 aromatic rings. The highest BCUT2D eigenvalue weighted by Gasteiger charge is 2.02. The first kappa shape index (κ1) is 15.5. The quantitative estimate of drug-likeness (QED) is 0.800.